The van der Waals surface area contributed by atoms with E-state index in [4.69, 9.17) is 5.73 Å². The molecule has 0 aliphatic heterocycles. The first-order valence-electron chi connectivity index (χ1n) is 4.31. The Morgan fingerprint density at radius 2 is 2.08 bits per heavy atom. The van der Waals surface area contributed by atoms with Crippen molar-refractivity contribution in [3.8, 4) is 0 Å². The summed E-state index contributed by atoms with van der Waals surface area (Å²) in [5, 5.41) is 3.02. The van der Waals surface area contributed by atoms with Gasteiger partial charge in [0.05, 0.1) is 6.54 Å². The van der Waals surface area contributed by atoms with E-state index in [1.54, 1.807) is 7.05 Å². The van der Waals surface area contributed by atoms with Crippen molar-refractivity contribution in [3.63, 3.8) is 0 Å². The molecule has 2 amide bonds. The van der Waals surface area contributed by atoms with Gasteiger partial charge in [-0.1, -0.05) is 6.92 Å². The normalized spacial score (nSPS) is 9.69. The lowest BCUT2D eigenvalue weighted by molar-refractivity contribution is -0.133. The van der Waals surface area contributed by atoms with E-state index in [9.17, 15) is 9.59 Å². The number of rotatable bonds is 6. The topological polar surface area (TPSA) is 75.4 Å². The van der Waals surface area contributed by atoms with Gasteiger partial charge in [-0.15, -0.1) is 0 Å². The molecule has 3 N–H and O–H groups in total. The molecule has 0 fully saturated rings. The number of nitrogens with two attached hydrogens (primary N) is 1. The molecule has 0 radical (unpaired) electrons. The van der Waals surface area contributed by atoms with Crippen LogP contribution < -0.4 is 11.1 Å². The minimum absolute atomic E-state index is 0.00897. The fourth-order valence-electron chi connectivity index (χ4n) is 0.885. The van der Waals surface area contributed by atoms with Gasteiger partial charge in [0.25, 0.3) is 0 Å². The van der Waals surface area contributed by atoms with Gasteiger partial charge in [-0.2, -0.15) is 0 Å². The highest BCUT2D eigenvalue weighted by Gasteiger charge is 2.09. The fourth-order valence-corrected chi connectivity index (χ4v) is 0.885. The third-order valence-corrected chi connectivity index (χ3v) is 1.58. The molecule has 0 rings (SSSR count). The summed E-state index contributed by atoms with van der Waals surface area (Å²) in [7, 11) is 1.57. The van der Waals surface area contributed by atoms with Crippen LogP contribution in [0.5, 0.6) is 0 Å². The van der Waals surface area contributed by atoms with Crippen LogP contribution in [0.15, 0.2) is 0 Å². The molecule has 76 valence electrons. The van der Waals surface area contributed by atoms with E-state index in [0.29, 0.717) is 13.0 Å². The Morgan fingerprint density at radius 3 is 2.54 bits per heavy atom. The molecule has 0 aromatic heterocycles. The number of nitrogens with one attached hydrogen (secondary N) is 1. The maximum Gasteiger partial charge on any atom is 0.237 e. The molecule has 0 aromatic rings. The number of hydrogen-bond acceptors (Lipinski definition) is 3. The maximum absolute atomic E-state index is 11.2. The van der Waals surface area contributed by atoms with Gasteiger partial charge >= 0.3 is 0 Å². The molecule has 13 heavy (non-hydrogen) atoms. The molecule has 0 saturated carbocycles. The Kier molecular flexibility index (Phi) is 5.88. The zero-order valence-electron chi connectivity index (χ0n) is 8.17. The number of primary amides is 1. The van der Waals surface area contributed by atoms with E-state index in [1.165, 1.54) is 4.90 Å². The van der Waals surface area contributed by atoms with Gasteiger partial charge in [0, 0.05) is 20.0 Å². The third-order valence-electron chi connectivity index (χ3n) is 1.58. The lowest BCUT2D eigenvalue weighted by Crippen LogP contribution is -2.36. The van der Waals surface area contributed by atoms with Crippen LogP contribution >= 0.6 is 0 Å². The largest absolute Gasteiger partial charge is 0.368 e. The quantitative estimate of drug-likeness (QED) is 0.520. The Bertz CT molecular complexity index is 182. The van der Waals surface area contributed by atoms with Crippen LogP contribution in [0.2, 0.25) is 0 Å². The number of hydrogen-bond donors (Lipinski definition) is 2. The predicted molar refractivity (Wildman–Crippen MR) is 50.0 cm³/mol. The molecule has 0 bridgehead atoms. The van der Waals surface area contributed by atoms with Gasteiger partial charge in [-0.3, -0.25) is 9.59 Å². The average molecular weight is 187 g/mol. The maximum atomic E-state index is 11.2. The summed E-state index contributed by atoms with van der Waals surface area (Å²) in [4.78, 5) is 23.0. The van der Waals surface area contributed by atoms with E-state index in [0.717, 1.165) is 6.54 Å². The van der Waals surface area contributed by atoms with E-state index in [-0.39, 0.29) is 12.5 Å². The first-order chi connectivity index (χ1) is 6.07. The second kappa shape index (κ2) is 6.42. The minimum atomic E-state index is -0.487. The van der Waals surface area contributed by atoms with E-state index >= 15 is 0 Å². The van der Waals surface area contributed by atoms with Crippen molar-refractivity contribution in [2.75, 3.05) is 26.7 Å². The molecule has 0 spiro atoms. The Labute approximate surface area is 78.3 Å². The molecule has 0 aliphatic rings. The summed E-state index contributed by atoms with van der Waals surface area (Å²) in [6.45, 7) is 3.44. The van der Waals surface area contributed by atoms with E-state index in [1.807, 2.05) is 6.92 Å². The van der Waals surface area contributed by atoms with Crippen molar-refractivity contribution in [2.24, 2.45) is 5.73 Å². The molecule has 0 aliphatic carbocycles. The lowest BCUT2D eigenvalue weighted by Gasteiger charge is -2.14. The van der Waals surface area contributed by atoms with Crippen molar-refractivity contribution in [1.29, 1.82) is 0 Å². The molecular formula is C8H17N3O2. The summed E-state index contributed by atoms with van der Waals surface area (Å²) in [5.74, 6) is -0.556. The molecule has 0 aromatic carbocycles. The SMILES string of the molecule is CCNCCC(=O)N(C)CC(N)=O. The fraction of sp³-hybridized carbons (Fsp3) is 0.750. The van der Waals surface area contributed by atoms with Crippen molar-refractivity contribution in [3.05, 3.63) is 0 Å². The van der Waals surface area contributed by atoms with Crippen molar-refractivity contribution in [2.45, 2.75) is 13.3 Å². The summed E-state index contributed by atoms with van der Waals surface area (Å²) < 4.78 is 0. The first-order valence-corrected chi connectivity index (χ1v) is 4.31. The zero-order chi connectivity index (χ0) is 10.3. The first kappa shape index (κ1) is 11.9. The number of nitrogens with zero attached hydrogens (tertiary/aromatic N) is 1. The van der Waals surface area contributed by atoms with Gasteiger partial charge in [0.15, 0.2) is 0 Å². The standard InChI is InChI=1S/C8H17N3O2/c1-3-10-5-4-8(13)11(2)6-7(9)12/h10H,3-6H2,1-2H3,(H2,9,12). The molecule has 0 atom stereocenters. The van der Waals surface area contributed by atoms with Crippen molar-refractivity contribution >= 4 is 11.8 Å². The highest BCUT2D eigenvalue weighted by atomic mass is 16.2. The van der Waals surface area contributed by atoms with Crippen LogP contribution in [0.1, 0.15) is 13.3 Å². The Balaban J connectivity index is 3.63. The van der Waals surface area contributed by atoms with E-state index < -0.39 is 5.91 Å². The lowest BCUT2D eigenvalue weighted by atomic mass is 10.3. The van der Waals surface area contributed by atoms with Gasteiger partial charge in [-0.05, 0) is 6.54 Å². The molecule has 5 nitrogen and oxygen atoms in total. The van der Waals surface area contributed by atoms with Crippen molar-refractivity contribution in [1.82, 2.24) is 10.2 Å². The molecule has 5 heteroatoms. The summed E-state index contributed by atoms with van der Waals surface area (Å²) in [5.41, 5.74) is 4.94. The second-order valence-electron chi connectivity index (χ2n) is 2.82. The summed E-state index contributed by atoms with van der Waals surface area (Å²) >= 11 is 0. The van der Waals surface area contributed by atoms with E-state index in [2.05, 4.69) is 5.32 Å². The monoisotopic (exact) mass is 187 g/mol. The van der Waals surface area contributed by atoms with Crippen LogP contribution in [-0.2, 0) is 9.59 Å². The molecular weight excluding hydrogens is 170 g/mol. The molecule has 0 heterocycles. The Morgan fingerprint density at radius 1 is 1.46 bits per heavy atom. The van der Waals surface area contributed by atoms with Gasteiger partial charge in [0.1, 0.15) is 0 Å². The third kappa shape index (κ3) is 6.10. The van der Waals surface area contributed by atoms with Crippen LogP contribution in [0, 0.1) is 0 Å². The summed E-state index contributed by atoms with van der Waals surface area (Å²) in [6, 6.07) is 0. The number of amides is 2. The highest BCUT2D eigenvalue weighted by Crippen LogP contribution is 1.88. The van der Waals surface area contributed by atoms with Crippen LogP contribution in [0.3, 0.4) is 0 Å². The smallest absolute Gasteiger partial charge is 0.237 e. The molecule has 0 saturated heterocycles. The van der Waals surface area contributed by atoms with Gasteiger partial charge in [0.2, 0.25) is 11.8 Å². The number of carbonyl (C=O) groups excluding carboxylic acids is 2. The zero-order valence-corrected chi connectivity index (χ0v) is 8.17. The molecule has 0 unspecified atom stereocenters. The van der Waals surface area contributed by atoms with Crippen LogP contribution in [0.4, 0.5) is 0 Å². The second-order valence-corrected chi connectivity index (χ2v) is 2.82. The van der Waals surface area contributed by atoms with Gasteiger partial charge < -0.3 is 16.0 Å². The highest BCUT2D eigenvalue weighted by molar-refractivity contribution is 5.83. The van der Waals surface area contributed by atoms with Crippen LogP contribution in [0.25, 0.3) is 0 Å². The number of likely N-dealkylation sites (N-methyl/N-ethyl adjacent to an activating group) is 1. The Hall–Kier alpha value is -1.10. The average Bonchev–Trinajstić information content (AvgIpc) is 2.03. The van der Waals surface area contributed by atoms with Gasteiger partial charge in [-0.25, -0.2) is 0 Å². The predicted octanol–water partition coefficient (Wildman–Crippen LogP) is -1.07. The number of carbonyl (C=O) groups is 2. The van der Waals surface area contributed by atoms with Crippen LogP contribution in [-0.4, -0.2) is 43.4 Å². The minimum Gasteiger partial charge on any atom is -0.368 e. The van der Waals surface area contributed by atoms with Crippen molar-refractivity contribution < 1.29 is 9.59 Å². The summed E-state index contributed by atoms with van der Waals surface area (Å²) in [6.07, 6.45) is 0.400.